The number of rotatable bonds is 5. The molecule has 0 radical (unpaired) electrons. The van der Waals surface area contributed by atoms with Gasteiger partial charge in [-0.15, -0.1) is 6.58 Å². The fourth-order valence-electron chi connectivity index (χ4n) is 3.56. The van der Waals surface area contributed by atoms with E-state index in [4.69, 9.17) is 0 Å². The predicted molar refractivity (Wildman–Crippen MR) is 94.3 cm³/mol. The number of nitrogens with zero attached hydrogens (tertiary/aromatic N) is 2. The van der Waals surface area contributed by atoms with Crippen LogP contribution in [-0.4, -0.2) is 54.2 Å². The molecule has 0 spiro atoms. The minimum Gasteiger partial charge on any atom is -0.357 e. The highest BCUT2D eigenvalue weighted by Gasteiger charge is 2.43. The number of nitrogens with one attached hydrogen (secondary N) is 1. The van der Waals surface area contributed by atoms with E-state index in [1.807, 2.05) is 19.2 Å². The van der Waals surface area contributed by atoms with Crippen molar-refractivity contribution < 1.29 is 14.4 Å². The monoisotopic (exact) mass is 341 g/mol. The van der Waals surface area contributed by atoms with E-state index in [1.165, 1.54) is 7.05 Å². The number of benzene rings is 1. The SMILES string of the molecule is C=CCCC(C(=O)NC)N1C(=O)c2cc3c(cc2C1=O)CN(C)CC3. The van der Waals surface area contributed by atoms with Crippen LogP contribution in [0.25, 0.3) is 0 Å². The van der Waals surface area contributed by atoms with Crippen LogP contribution in [0.1, 0.15) is 44.7 Å². The van der Waals surface area contributed by atoms with Crippen molar-refractivity contribution in [3.05, 3.63) is 47.0 Å². The van der Waals surface area contributed by atoms with Crippen LogP contribution in [0.2, 0.25) is 0 Å². The molecule has 1 aromatic rings. The Balaban J connectivity index is 1.98. The zero-order valence-corrected chi connectivity index (χ0v) is 14.7. The maximum Gasteiger partial charge on any atom is 0.262 e. The third-order valence-electron chi connectivity index (χ3n) is 4.95. The van der Waals surface area contributed by atoms with Gasteiger partial charge in [0, 0.05) is 20.1 Å². The highest BCUT2D eigenvalue weighted by molar-refractivity contribution is 6.23. The fraction of sp³-hybridized carbons (Fsp3) is 0.421. The molecular formula is C19H23N3O3. The number of imide groups is 1. The predicted octanol–water partition coefficient (Wildman–Crippen LogP) is 1.35. The molecule has 0 fully saturated rings. The van der Waals surface area contributed by atoms with Gasteiger partial charge in [-0.1, -0.05) is 6.08 Å². The summed E-state index contributed by atoms with van der Waals surface area (Å²) < 4.78 is 0. The van der Waals surface area contributed by atoms with Gasteiger partial charge in [0.15, 0.2) is 0 Å². The van der Waals surface area contributed by atoms with Gasteiger partial charge in [0.05, 0.1) is 11.1 Å². The van der Waals surface area contributed by atoms with Crippen LogP contribution >= 0.6 is 0 Å². The average molecular weight is 341 g/mol. The van der Waals surface area contributed by atoms with Crippen LogP contribution in [0.4, 0.5) is 0 Å². The quantitative estimate of drug-likeness (QED) is 0.648. The summed E-state index contributed by atoms with van der Waals surface area (Å²) >= 11 is 0. The molecule has 0 saturated heterocycles. The Hall–Kier alpha value is -2.47. The van der Waals surface area contributed by atoms with Gasteiger partial charge in [-0.25, -0.2) is 0 Å². The molecule has 3 rings (SSSR count). The Morgan fingerprint density at radius 1 is 1.28 bits per heavy atom. The summed E-state index contributed by atoms with van der Waals surface area (Å²) in [5, 5.41) is 2.55. The summed E-state index contributed by atoms with van der Waals surface area (Å²) in [5.74, 6) is -1.09. The number of hydrogen-bond acceptors (Lipinski definition) is 4. The summed E-state index contributed by atoms with van der Waals surface area (Å²) in [6.45, 7) is 5.35. The van der Waals surface area contributed by atoms with Crippen LogP contribution < -0.4 is 5.32 Å². The highest BCUT2D eigenvalue weighted by atomic mass is 16.2. The lowest BCUT2D eigenvalue weighted by atomic mass is 9.94. The van der Waals surface area contributed by atoms with Crippen molar-refractivity contribution in [3.63, 3.8) is 0 Å². The Labute approximate surface area is 147 Å². The number of carbonyl (C=O) groups excluding carboxylic acids is 3. The maximum absolute atomic E-state index is 12.9. The first-order chi connectivity index (χ1) is 12.0. The standard InChI is InChI=1S/C19H23N3O3/c1-4-5-6-16(17(23)20-2)22-18(24)14-9-12-7-8-21(3)11-13(12)10-15(14)19(22)25/h4,9-10,16H,1,5-8,11H2,2-3H3,(H,20,23). The molecule has 2 aliphatic heterocycles. The van der Waals surface area contributed by atoms with Crippen LogP contribution in [0.3, 0.4) is 0 Å². The molecule has 1 unspecified atom stereocenters. The molecule has 6 nitrogen and oxygen atoms in total. The molecule has 0 bridgehead atoms. The van der Waals surface area contributed by atoms with Gasteiger partial charge in [-0.3, -0.25) is 19.3 Å². The zero-order valence-electron chi connectivity index (χ0n) is 14.7. The Kier molecular flexibility index (Phi) is 4.72. The first-order valence-electron chi connectivity index (χ1n) is 8.52. The van der Waals surface area contributed by atoms with Crippen molar-refractivity contribution in [2.45, 2.75) is 31.8 Å². The zero-order chi connectivity index (χ0) is 18.1. The molecule has 1 N–H and O–H groups in total. The molecule has 1 atom stereocenters. The Bertz CT molecular complexity index is 757. The molecule has 6 heteroatoms. The van der Waals surface area contributed by atoms with Gasteiger partial charge in [0.2, 0.25) is 5.91 Å². The smallest absolute Gasteiger partial charge is 0.262 e. The fourth-order valence-corrected chi connectivity index (χ4v) is 3.56. The van der Waals surface area contributed by atoms with E-state index in [-0.39, 0.29) is 17.7 Å². The van der Waals surface area contributed by atoms with Crippen molar-refractivity contribution in [1.29, 1.82) is 0 Å². The molecule has 25 heavy (non-hydrogen) atoms. The summed E-state index contributed by atoms with van der Waals surface area (Å²) in [4.78, 5) is 41.3. The normalized spacial score (nSPS) is 17.9. The van der Waals surface area contributed by atoms with Gasteiger partial charge in [-0.2, -0.15) is 0 Å². The minimum absolute atomic E-state index is 0.333. The van der Waals surface area contributed by atoms with Crippen LogP contribution in [-0.2, 0) is 17.8 Å². The van der Waals surface area contributed by atoms with Gasteiger partial charge >= 0.3 is 0 Å². The van der Waals surface area contributed by atoms with Crippen LogP contribution in [0, 0.1) is 0 Å². The van der Waals surface area contributed by atoms with E-state index < -0.39 is 6.04 Å². The van der Waals surface area contributed by atoms with Gasteiger partial charge in [0.25, 0.3) is 11.8 Å². The molecule has 132 valence electrons. The lowest BCUT2D eigenvalue weighted by Crippen LogP contribution is -2.48. The number of fused-ring (bicyclic) bond motifs is 2. The molecule has 3 amide bonds. The number of amides is 3. The molecular weight excluding hydrogens is 318 g/mol. The lowest BCUT2D eigenvalue weighted by molar-refractivity contribution is -0.124. The third kappa shape index (κ3) is 2.98. The Morgan fingerprint density at radius 2 is 1.92 bits per heavy atom. The second kappa shape index (κ2) is 6.80. The molecule has 1 aromatic carbocycles. The van der Waals surface area contributed by atoms with Crippen molar-refractivity contribution in [1.82, 2.24) is 15.1 Å². The molecule has 0 aliphatic carbocycles. The summed E-state index contributed by atoms with van der Waals surface area (Å²) in [6, 6.07) is 2.86. The lowest BCUT2D eigenvalue weighted by Gasteiger charge is -2.25. The van der Waals surface area contributed by atoms with Gasteiger partial charge in [0.1, 0.15) is 6.04 Å². The van der Waals surface area contributed by atoms with Crippen molar-refractivity contribution in [3.8, 4) is 0 Å². The first-order valence-corrected chi connectivity index (χ1v) is 8.52. The summed E-state index contributed by atoms with van der Waals surface area (Å²) in [7, 11) is 3.54. The van der Waals surface area contributed by atoms with Crippen LogP contribution in [0.15, 0.2) is 24.8 Å². The molecule has 2 aliphatic rings. The minimum atomic E-state index is -0.810. The second-order valence-corrected chi connectivity index (χ2v) is 6.63. The number of allylic oxidation sites excluding steroid dienone is 1. The van der Waals surface area contributed by atoms with E-state index in [0.717, 1.165) is 35.5 Å². The van der Waals surface area contributed by atoms with E-state index in [0.29, 0.717) is 24.0 Å². The van der Waals surface area contributed by atoms with E-state index in [9.17, 15) is 14.4 Å². The third-order valence-corrected chi connectivity index (χ3v) is 4.95. The summed E-state index contributed by atoms with van der Waals surface area (Å²) in [5.41, 5.74) is 3.02. The topological polar surface area (TPSA) is 69.7 Å². The largest absolute Gasteiger partial charge is 0.357 e. The van der Waals surface area contributed by atoms with Gasteiger partial charge in [-0.05, 0) is 49.6 Å². The number of hydrogen-bond donors (Lipinski definition) is 1. The number of likely N-dealkylation sites (N-methyl/N-ethyl adjacent to an activating group) is 2. The van der Waals surface area contributed by atoms with E-state index >= 15 is 0 Å². The maximum atomic E-state index is 12.9. The first kappa shape index (κ1) is 17.4. The average Bonchev–Trinajstić information content (AvgIpc) is 2.84. The second-order valence-electron chi connectivity index (χ2n) is 6.63. The summed E-state index contributed by atoms with van der Waals surface area (Å²) in [6.07, 6.45) is 3.46. The van der Waals surface area contributed by atoms with Crippen LogP contribution in [0.5, 0.6) is 0 Å². The van der Waals surface area contributed by atoms with Crippen molar-refractivity contribution in [2.24, 2.45) is 0 Å². The van der Waals surface area contributed by atoms with Crippen molar-refractivity contribution >= 4 is 17.7 Å². The van der Waals surface area contributed by atoms with Gasteiger partial charge < -0.3 is 10.2 Å². The molecule has 2 heterocycles. The molecule has 0 saturated carbocycles. The van der Waals surface area contributed by atoms with E-state index in [2.05, 4.69) is 16.8 Å². The molecule has 0 aromatic heterocycles. The van der Waals surface area contributed by atoms with Crippen molar-refractivity contribution in [2.75, 3.05) is 20.6 Å². The Morgan fingerprint density at radius 3 is 2.52 bits per heavy atom. The number of carbonyl (C=O) groups is 3. The highest BCUT2D eigenvalue weighted by Crippen LogP contribution is 2.31. The van der Waals surface area contributed by atoms with E-state index in [1.54, 1.807) is 6.08 Å².